The van der Waals surface area contributed by atoms with Crippen LogP contribution in [0.2, 0.25) is 0 Å². The maximum atomic E-state index is 3.72. The van der Waals surface area contributed by atoms with E-state index in [1.54, 1.807) is 0 Å². The fourth-order valence-electron chi connectivity index (χ4n) is 4.60. The molecule has 0 spiro atoms. The third-order valence-corrected chi connectivity index (χ3v) is 6.45. The molecule has 1 aromatic rings. The molecule has 2 nitrogen and oxygen atoms in total. The van der Waals surface area contributed by atoms with Gasteiger partial charge in [0.1, 0.15) is 0 Å². The summed E-state index contributed by atoms with van der Waals surface area (Å²) in [6, 6.07) is 10.9. The molecule has 0 bridgehead atoms. The molecule has 140 valence electrons. The molecule has 2 aliphatic rings. The van der Waals surface area contributed by atoms with Gasteiger partial charge in [0.15, 0.2) is 0 Å². The third-order valence-electron chi connectivity index (χ3n) is 6.45. The van der Waals surface area contributed by atoms with Crippen molar-refractivity contribution in [3.8, 4) is 0 Å². The minimum absolute atomic E-state index is 0.925. The highest BCUT2D eigenvalue weighted by atomic mass is 15.1. The van der Waals surface area contributed by atoms with Crippen LogP contribution in [-0.4, -0.2) is 37.6 Å². The summed E-state index contributed by atoms with van der Waals surface area (Å²) in [6.07, 6.45) is 11.1. The zero-order chi connectivity index (χ0) is 17.3. The lowest BCUT2D eigenvalue weighted by molar-refractivity contribution is 0.140. The van der Waals surface area contributed by atoms with E-state index in [0.29, 0.717) is 0 Å². The summed E-state index contributed by atoms with van der Waals surface area (Å²) >= 11 is 0. The SMILES string of the molecule is CC1CCN(CC2CCC(CNCCCc3ccccc3)CC2)CC1. The molecule has 1 aliphatic carbocycles. The van der Waals surface area contributed by atoms with Crippen LogP contribution >= 0.6 is 0 Å². The van der Waals surface area contributed by atoms with Crippen molar-refractivity contribution in [1.82, 2.24) is 10.2 Å². The second-order valence-electron chi connectivity index (χ2n) is 8.66. The Kier molecular flexibility index (Phi) is 7.81. The van der Waals surface area contributed by atoms with Crippen molar-refractivity contribution >= 4 is 0 Å². The molecule has 0 unspecified atom stereocenters. The van der Waals surface area contributed by atoms with Crippen molar-refractivity contribution in [2.45, 2.75) is 58.3 Å². The Morgan fingerprint density at radius 3 is 2.32 bits per heavy atom. The van der Waals surface area contributed by atoms with E-state index in [1.807, 2.05) is 0 Å². The number of likely N-dealkylation sites (tertiary alicyclic amines) is 1. The van der Waals surface area contributed by atoms with Gasteiger partial charge in [0.2, 0.25) is 0 Å². The smallest absolute Gasteiger partial charge is 0.000966 e. The van der Waals surface area contributed by atoms with Gasteiger partial charge < -0.3 is 10.2 Å². The van der Waals surface area contributed by atoms with Gasteiger partial charge in [-0.1, -0.05) is 37.3 Å². The van der Waals surface area contributed by atoms with E-state index in [0.717, 1.165) is 17.8 Å². The van der Waals surface area contributed by atoms with Gasteiger partial charge in [-0.2, -0.15) is 0 Å². The average molecular weight is 343 g/mol. The zero-order valence-electron chi connectivity index (χ0n) is 16.3. The quantitative estimate of drug-likeness (QED) is 0.686. The highest BCUT2D eigenvalue weighted by Gasteiger charge is 2.24. The minimum atomic E-state index is 0.925. The Hall–Kier alpha value is -0.860. The molecule has 0 amide bonds. The second kappa shape index (κ2) is 10.3. The van der Waals surface area contributed by atoms with Gasteiger partial charge in [-0.15, -0.1) is 0 Å². The molecule has 0 radical (unpaired) electrons. The number of nitrogens with one attached hydrogen (secondary N) is 1. The number of aryl methyl sites for hydroxylation is 1. The zero-order valence-corrected chi connectivity index (χ0v) is 16.3. The maximum absolute atomic E-state index is 3.72. The second-order valence-corrected chi connectivity index (χ2v) is 8.66. The number of hydrogen-bond donors (Lipinski definition) is 1. The fourth-order valence-corrected chi connectivity index (χ4v) is 4.60. The van der Waals surface area contributed by atoms with E-state index in [9.17, 15) is 0 Å². The molecule has 1 aromatic carbocycles. The number of nitrogens with zero attached hydrogens (tertiary/aromatic N) is 1. The van der Waals surface area contributed by atoms with Gasteiger partial charge >= 0.3 is 0 Å². The molecule has 25 heavy (non-hydrogen) atoms. The Morgan fingerprint density at radius 2 is 1.60 bits per heavy atom. The maximum Gasteiger partial charge on any atom is 0.000966 e. The topological polar surface area (TPSA) is 15.3 Å². The molecule has 2 fully saturated rings. The van der Waals surface area contributed by atoms with Crippen molar-refractivity contribution in [2.24, 2.45) is 17.8 Å². The van der Waals surface area contributed by atoms with Crippen LogP contribution in [0, 0.1) is 17.8 Å². The van der Waals surface area contributed by atoms with E-state index in [2.05, 4.69) is 47.5 Å². The molecule has 1 aliphatic heterocycles. The summed E-state index contributed by atoms with van der Waals surface area (Å²) in [4.78, 5) is 2.74. The van der Waals surface area contributed by atoms with Crippen LogP contribution in [0.3, 0.4) is 0 Å². The normalized spacial score (nSPS) is 26.0. The third kappa shape index (κ3) is 6.75. The first kappa shape index (κ1) is 18.9. The van der Waals surface area contributed by atoms with Gasteiger partial charge in [0.05, 0.1) is 0 Å². The van der Waals surface area contributed by atoms with Crippen LogP contribution in [0.5, 0.6) is 0 Å². The van der Waals surface area contributed by atoms with Gasteiger partial charge in [-0.3, -0.25) is 0 Å². The summed E-state index contributed by atoms with van der Waals surface area (Å²) in [5.41, 5.74) is 1.47. The first-order valence-electron chi connectivity index (χ1n) is 10.8. The van der Waals surface area contributed by atoms with E-state index in [4.69, 9.17) is 0 Å². The number of rotatable bonds is 8. The number of hydrogen-bond acceptors (Lipinski definition) is 2. The van der Waals surface area contributed by atoms with E-state index < -0.39 is 0 Å². The van der Waals surface area contributed by atoms with Crippen LogP contribution in [0.15, 0.2) is 30.3 Å². The highest BCUT2D eigenvalue weighted by Crippen LogP contribution is 2.30. The molecule has 1 N–H and O–H groups in total. The molecular formula is C23H38N2. The lowest BCUT2D eigenvalue weighted by atomic mass is 9.81. The predicted octanol–water partition coefficient (Wildman–Crippen LogP) is 4.75. The highest BCUT2D eigenvalue weighted by molar-refractivity contribution is 5.14. The van der Waals surface area contributed by atoms with Crippen molar-refractivity contribution in [3.63, 3.8) is 0 Å². The largest absolute Gasteiger partial charge is 0.316 e. The van der Waals surface area contributed by atoms with Crippen LogP contribution in [0.4, 0.5) is 0 Å². The van der Waals surface area contributed by atoms with E-state index in [-0.39, 0.29) is 0 Å². The minimum Gasteiger partial charge on any atom is -0.316 e. The van der Waals surface area contributed by atoms with Crippen LogP contribution in [0.25, 0.3) is 0 Å². The van der Waals surface area contributed by atoms with E-state index >= 15 is 0 Å². The molecule has 0 atom stereocenters. The molecule has 0 aromatic heterocycles. The monoisotopic (exact) mass is 342 g/mol. The lowest BCUT2D eigenvalue weighted by Gasteiger charge is -2.36. The summed E-state index contributed by atoms with van der Waals surface area (Å²) in [5.74, 6) is 2.86. The fraction of sp³-hybridized carbons (Fsp3) is 0.739. The molecule has 1 heterocycles. The van der Waals surface area contributed by atoms with Gasteiger partial charge in [-0.25, -0.2) is 0 Å². The van der Waals surface area contributed by atoms with Gasteiger partial charge in [0, 0.05) is 6.54 Å². The Labute approximate surface area is 155 Å². The molecule has 2 heteroatoms. The summed E-state index contributed by atoms with van der Waals surface area (Å²) < 4.78 is 0. The number of piperidine rings is 1. The first-order valence-corrected chi connectivity index (χ1v) is 10.8. The molecule has 1 saturated carbocycles. The predicted molar refractivity (Wildman–Crippen MR) is 108 cm³/mol. The van der Waals surface area contributed by atoms with Gasteiger partial charge in [0.25, 0.3) is 0 Å². The van der Waals surface area contributed by atoms with Gasteiger partial charge in [-0.05, 0) is 101 Å². The number of benzene rings is 1. The average Bonchev–Trinajstić information content (AvgIpc) is 2.65. The van der Waals surface area contributed by atoms with Crippen molar-refractivity contribution in [1.29, 1.82) is 0 Å². The lowest BCUT2D eigenvalue weighted by Crippen LogP contribution is -2.38. The summed E-state index contributed by atoms with van der Waals surface area (Å²) in [6.45, 7) is 8.90. The molecule has 1 saturated heterocycles. The van der Waals surface area contributed by atoms with Crippen molar-refractivity contribution in [3.05, 3.63) is 35.9 Å². The van der Waals surface area contributed by atoms with E-state index in [1.165, 1.54) is 89.7 Å². The Bertz CT molecular complexity index is 456. The standard InChI is InChI=1S/C23H38N2/c1-20-13-16-25(17-14-20)19-23-11-9-22(10-12-23)18-24-15-5-8-21-6-3-2-4-7-21/h2-4,6-7,20,22-24H,5,8-19H2,1H3. The summed E-state index contributed by atoms with van der Waals surface area (Å²) in [7, 11) is 0. The van der Waals surface area contributed by atoms with Crippen LogP contribution in [-0.2, 0) is 6.42 Å². The summed E-state index contributed by atoms with van der Waals surface area (Å²) in [5, 5.41) is 3.72. The first-order chi connectivity index (χ1) is 12.3. The van der Waals surface area contributed by atoms with Crippen molar-refractivity contribution < 1.29 is 0 Å². The van der Waals surface area contributed by atoms with Crippen LogP contribution in [0.1, 0.15) is 57.4 Å². The Balaban J connectivity index is 1.22. The Morgan fingerprint density at radius 1 is 0.920 bits per heavy atom. The molecule has 3 rings (SSSR count). The van der Waals surface area contributed by atoms with Crippen LogP contribution < -0.4 is 5.32 Å². The van der Waals surface area contributed by atoms with Crippen molar-refractivity contribution in [2.75, 3.05) is 32.7 Å². The molecular weight excluding hydrogens is 304 g/mol.